The van der Waals surface area contributed by atoms with E-state index in [-0.39, 0.29) is 11.4 Å². The maximum Gasteiger partial charge on any atom is 0.169 e. The highest BCUT2D eigenvalue weighted by Gasteiger charge is 2.36. The number of thiophene rings is 1. The van der Waals surface area contributed by atoms with Crippen molar-refractivity contribution in [3.63, 3.8) is 0 Å². The number of ketones is 1. The van der Waals surface area contributed by atoms with Crippen LogP contribution in [-0.4, -0.2) is 36.0 Å². The minimum atomic E-state index is 0.176. The first-order valence-corrected chi connectivity index (χ1v) is 8.50. The molecule has 20 heavy (non-hydrogen) atoms. The van der Waals surface area contributed by atoms with Gasteiger partial charge in [0.05, 0.1) is 10.5 Å². The molecular weight excluding hydrogens is 270 g/mol. The fraction of sp³-hybridized carbons (Fsp3) is 0.688. The van der Waals surface area contributed by atoms with Crippen molar-refractivity contribution in [3.05, 3.63) is 21.9 Å². The van der Waals surface area contributed by atoms with Gasteiger partial charge in [0, 0.05) is 19.7 Å². The zero-order valence-electron chi connectivity index (χ0n) is 12.2. The van der Waals surface area contributed by atoms with Crippen LogP contribution in [0.5, 0.6) is 0 Å². The molecule has 1 aromatic heterocycles. The van der Waals surface area contributed by atoms with Crippen LogP contribution in [0, 0.1) is 0 Å². The molecule has 2 aliphatic rings. The molecule has 2 aliphatic heterocycles. The van der Waals surface area contributed by atoms with Crippen molar-refractivity contribution in [2.24, 2.45) is 0 Å². The van der Waals surface area contributed by atoms with Gasteiger partial charge in [0.1, 0.15) is 0 Å². The topological polar surface area (TPSA) is 29.5 Å². The van der Waals surface area contributed by atoms with Crippen molar-refractivity contribution in [1.82, 2.24) is 4.90 Å². The highest BCUT2D eigenvalue weighted by atomic mass is 32.1. The van der Waals surface area contributed by atoms with Gasteiger partial charge >= 0.3 is 0 Å². The lowest BCUT2D eigenvalue weighted by Gasteiger charge is -2.26. The van der Waals surface area contributed by atoms with E-state index in [1.165, 1.54) is 31.2 Å². The molecule has 0 aromatic carbocycles. The van der Waals surface area contributed by atoms with Crippen LogP contribution < -0.4 is 0 Å². The fourth-order valence-electron chi connectivity index (χ4n) is 3.43. The number of Topliss-reactive ketones (excluding diaryl/α,β-unsaturated/α-hetero) is 1. The number of carbonyl (C=O) groups is 1. The minimum Gasteiger partial charge on any atom is -0.375 e. The molecule has 0 radical (unpaired) electrons. The fourth-order valence-corrected chi connectivity index (χ4v) is 4.24. The zero-order chi connectivity index (χ0) is 14.0. The van der Waals surface area contributed by atoms with E-state index in [9.17, 15) is 4.79 Å². The van der Waals surface area contributed by atoms with Crippen LogP contribution in [0.1, 0.15) is 54.3 Å². The summed E-state index contributed by atoms with van der Waals surface area (Å²) in [6.45, 7) is 5.83. The smallest absolute Gasteiger partial charge is 0.169 e. The van der Waals surface area contributed by atoms with Gasteiger partial charge in [0.15, 0.2) is 5.78 Å². The predicted octanol–water partition coefficient (Wildman–Crippen LogP) is 3.49. The van der Waals surface area contributed by atoms with Crippen molar-refractivity contribution in [1.29, 1.82) is 0 Å². The lowest BCUT2D eigenvalue weighted by molar-refractivity contribution is -0.00737. The second-order valence-electron chi connectivity index (χ2n) is 6.14. The maximum absolute atomic E-state index is 11.4. The number of rotatable bonds is 3. The molecule has 1 spiro atoms. The average molecular weight is 293 g/mol. The van der Waals surface area contributed by atoms with E-state index in [0.717, 1.165) is 37.5 Å². The molecule has 3 rings (SSSR count). The van der Waals surface area contributed by atoms with Gasteiger partial charge in [-0.3, -0.25) is 9.69 Å². The van der Waals surface area contributed by atoms with Crippen LogP contribution in [0.3, 0.4) is 0 Å². The molecule has 110 valence electrons. The third-order valence-corrected chi connectivity index (χ3v) is 5.66. The van der Waals surface area contributed by atoms with Gasteiger partial charge in [0.25, 0.3) is 0 Å². The zero-order valence-corrected chi connectivity index (χ0v) is 13.0. The van der Waals surface area contributed by atoms with Crippen molar-refractivity contribution < 1.29 is 9.53 Å². The number of likely N-dealkylation sites (tertiary alicyclic amines) is 1. The molecule has 0 amide bonds. The Balaban J connectivity index is 1.59. The number of carbonyl (C=O) groups excluding carboxylic acids is 1. The molecule has 0 bridgehead atoms. The Morgan fingerprint density at radius 2 is 2.20 bits per heavy atom. The molecule has 0 saturated carbocycles. The summed E-state index contributed by atoms with van der Waals surface area (Å²) in [7, 11) is 0. The highest BCUT2D eigenvalue weighted by molar-refractivity contribution is 7.12. The Hall–Kier alpha value is -0.710. The van der Waals surface area contributed by atoms with Gasteiger partial charge in [-0.25, -0.2) is 0 Å². The summed E-state index contributed by atoms with van der Waals surface area (Å²) in [5, 5.41) is 2.13. The Labute approximate surface area is 124 Å². The molecule has 2 fully saturated rings. The lowest BCUT2D eigenvalue weighted by Crippen LogP contribution is -2.30. The second-order valence-corrected chi connectivity index (χ2v) is 7.05. The summed E-state index contributed by atoms with van der Waals surface area (Å²) in [4.78, 5) is 14.8. The predicted molar refractivity (Wildman–Crippen MR) is 81.4 cm³/mol. The van der Waals surface area contributed by atoms with Crippen molar-refractivity contribution in [2.45, 2.75) is 51.2 Å². The van der Waals surface area contributed by atoms with E-state index in [0.29, 0.717) is 0 Å². The van der Waals surface area contributed by atoms with E-state index in [1.54, 1.807) is 18.3 Å². The summed E-state index contributed by atoms with van der Waals surface area (Å²) >= 11 is 1.57. The van der Waals surface area contributed by atoms with Crippen LogP contribution in [-0.2, 0) is 11.3 Å². The second kappa shape index (κ2) is 5.96. The molecule has 3 heterocycles. The van der Waals surface area contributed by atoms with Crippen LogP contribution in [0.4, 0.5) is 0 Å². The number of hydrogen-bond donors (Lipinski definition) is 0. The maximum atomic E-state index is 11.4. The van der Waals surface area contributed by atoms with Crippen LogP contribution in [0.25, 0.3) is 0 Å². The molecule has 1 atom stereocenters. The number of nitrogens with zero attached hydrogens (tertiary/aromatic N) is 1. The van der Waals surface area contributed by atoms with E-state index >= 15 is 0 Å². The number of hydrogen-bond acceptors (Lipinski definition) is 4. The van der Waals surface area contributed by atoms with Gasteiger partial charge < -0.3 is 4.74 Å². The molecule has 0 N–H and O–H groups in total. The van der Waals surface area contributed by atoms with Crippen LogP contribution in [0.2, 0.25) is 0 Å². The Morgan fingerprint density at radius 1 is 1.35 bits per heavy atom. The highest BCUT2D eigenvalue weighted by Crippen LogP contribution is 2.35. The first kappa shape index (κ1) is 14.2. The largest absolute Gasteiger partial charge is 0.375 e. The SMILES string of the molecule is CC(=O)c1cc(CN2CCC[C@@]3(CCCO3)CC2)cs1. The van der Waals surface area contributed by atoms with E-state index in [4.69, 9.17) is 4.74 Å². The third-order valence-electron chi connectivity index (χ3n) is 4.58. The summed E-state index contributed by atoms with van der Waals surface area (Å²) in [6.07, 6.45) is 6.08. The molecule has 4 heteroatoms. The molecule has 1 aromatic rings. The van der Waals surface area contributed by atoms with E-state index < -0.39 is 0 Å². The first-order valence-electron chi connectivity index (χ1n) is 7.62. The molecule has 3 nitrogen and oxygen atoms in total. The number of ether oxygens (including phenoxy) is 1. The standard InChI is InChI=1S/C16H23NO2S/c1-13(18)15-10-14(12-20-15)11-17-7-2-4-16(6-8-17)5-3-9-19-16/h10,12H,2-9,11H2,1H3/t16-/m1/s1. The van der Waals surface area contributed by atoms with E-state index in [1.807, 2.05) is 0 Å². The minimum absolute atomic E-state index is 0.176. The average Bonchev–Trinajstić information content (AvgIpc) is 3.01. The summed E-state index contributed by atoms with van der Waals surface area (Å²) < 4.78 is 6.03. The van der Waals surface area contributed by atoms with Crippen LogP contribution >= 0.6 is 11.3 Å². The first-order chi connectivity index (χ1) is 9.67. The quantitative estimate of drug-likeness (QED) is 0.799. The van der Waals surface area contributed by atoms with Gasteiger partial charge in [-0.15, -0.1) is 11.3 Å². The summed E-state index contributed by atoms with van der Waals surface area (Å²) in [5.74, 6) is 0.176. The molecule has 2 saturated heterocycles. The van der Waals surface area contributed by atoms with Crippen LogP contribution in [0.15, 0.2) is 11.4 Å². The van der Waals surface area contributed by atoms with E-state index in [2.05, 4.69) is 16.3 Å². The Kier molecular flexibility index (Phi) is 4.24. The van der Waals surface area contributed by atoms with Gasteiger partial charge in [0.2, 0.25) is 0 Å². The van der Waals surface area contributed by atoms with Gasteiger partial charge in [-0.05, 0) is 62.6 Å². The Bertz CT molecular complexity index is 477. The van der Waals surface area contributed by atoms with Crippen molar-refractivity contribution >= 4 is 17.1 Å². The van der Waals surface area contributed by atoms with Crippen molar-refractivity contribution in [3.8, 4) is 0 Å². The molecule has 0 aliphatic carbocycles. The molecule has 0 unspecified atom stereocenters. The lowest BCUT2D eigenvalue weighted by atomic mass is 9.92. The third kappa shape index (κ3) is 3.13. The summed E-state index contributed by atoms with van der Waals surface area (Å²) in [6, 6.07) is 2.06. The molecular formula is C16H23NO2S. The normalized spacial score (nSPS) is 27.9. The Morgan fingerprint density at radius 3 is 2.90 bits per heavy atom. The van der Waals surface area contributed by atoms with Gasteiger partial charge in [-0.1, -0.05) is 0 Å². The van der Waals surface area contributed by atoms with Crippen molar-refractivity contribution in [2.75, 3.05) is 19.7 Å². The summed E-state index contributed by atoms with van der Waals surface area (Å²) in [5.41, 5.74) is 1.47. The van der Waals surface area contributed by atoms with Gasteiger partial charge in [-0.2, -0.15) is 0 Å². The monoisotopic (exact) mass is 293 g/mol.